The molecule has 0 bridgehead atoms. The highest BCUT2D eigenvalue weighted by molar-refractivity contribution is 5.76. The van der Waals surface area contributed by atoms with Crippen molar-refractivity contribution in [2.45, 2.75) is 12.2 Å². The topological polar surface area (TPSA) is 83.6 Å². The second-order valence-electron chi connectivity index (χ2n) is 3.09. The van der Waals surface area contributed by atoms with E-state index in [1.807, 2.05) is 0 Å². The minimum atomic E-state index is -4.61. The number of hydrogen-bond donors (Lipinski definition) is 3. The van der Waals surface area contributed by atoms with E-state index >= 15 is 0 Å². The van der Waals surface area contributed by atoms with Crippen LogP contribution in [0.25, 0.3) is 0 Å². The molecule has 0 saturated carbocycles. The maximum Gasteiger partial charge on any atom is 0.416 e. The van der Waals surface area contributed by atoms with Gasteiger partial charge in [0.1, 0.15) is 11.8 Å². The quantitative estimate of drug-likeness (QED) is 0.725. The van der Waals surface area contributed by atoms with Crippen LogP contribution in [0.2, 0.25) is 0 Å². The van der Waals surface area contributed by atoms with Gasteiger partial charge in [0.25, 0.3) is 0 Å². The fourth-order valence-corrected chi connectivity index (χ4v) is 1.11. The van der Waals surface area contributed by atoms with Crippen molar-refractivity contribution in [2.24, 2.45) is 5.73 Å². The van der Waals surface area contributed by atoms with Crippen molar-refractivity contribution in [1.29, 1.82) is 0 Å². The third-order valence-corrected chi connectivity index (χ3v) is 1.96. The molecule has 0 heterocycles. The van der Waals surface area contributed by atoms with Crippen molar-refractivity contribution in [3.05, 3.63) is 29.3 Å². The lowest BCUT2D eigenvalue weighted by molar-refractivity contribution is -0.140. The van der Waals surface area contributed by atoms with Gasteiger partial charge < -0.3 is 15.9 Å². The fourth-order valence-electron chi connectivity index (χ4n) is 1.11. The number of carboxylic acids is 1. The molecule has 0 amide bonds. The summed E-state index contributed by atoms with van der Waals surface area (Å²) in [5.74, 6) is -2.10. The van der Waals surface area contributed by atoms with Crippen LogP contribution >= 0.6 is 0 Å². The summed E-state index contributed by atoms with van der Waals surface area (Å²) in [4.78, 5) is 10.5. The number of nitrogens with two attached hydrogens (primary N) is 1. The molecule has 4 nitrogen and oxygen atoms in total. The summed E-state index contributed by atoms with van der Waals surface area (Å²) >= 11 is 0. The van der Waals surface area contributed by atoms with E-state index in [-0.39, 0.29) is 0 Å². The average Bonchev–Trinajstić information content (AvgIpc) is 2.15. The Bertz CT molecular complexity index is 417. The van der Waals surface area contributed by atoms with Crippen molar-refractivity contribution in [1.82, 2.24) is 0 Å². The van der Waals surface area contributed by atoms with E-state index in [4.69, 9.17) is 10.8 Å². The molecule has 0 radical (unpaired) electrons. The van der Waals surface area contributed by atoms with E-state index in [0.717, 1.165) is 6.07 Å². The summed E-state index contributed by atoms with van der Waals surface area (Å²) in [6, 6.07) is 0.241. The van der Waals surface area contributed by atoms with Crippen LogP contribution in [0.1, 0.15) is 17.2 Å². The monoisotopic (exact) mass is 235 g/mol. The van der Waals surface area contributed by atoms with Crippen LogP contribution in [0.15, 0.2) is 18.2 Å². The minimum absolute atomic E-state index is 0.470. The first-order valence-corrected chi connectivity index (χ1v) is 4.12. The van der Waals surface area contributed by atoms with Crippen molar-refractivity contribution < 1.29 is 28.2 Å². The Morgan fingerprint density at radius 3 is 2.38 bits per heavy atom. The minimum Gasteiger partial charge on any atom is -0.508 e. The highest BCUT2D eigenvalue weighted by Crippen LogP contribution is 2.33. The average molecular weight is 235 g/mol. The van der Waals surface area contributed by atoms with Crippen molar-refractivity contribution in [2.75, 3.05) is 0 Å². The first-order valence-electron chi connectivity index (χ1n) is 4.12. The van der Waals surface area contributed by atoms with Gasteiger partial charge in [-0.1, -0.05) is 0 Å². The predicted molar refractivity (Wildman–Crippen MR) is 47.7 cm³/mol. The molecule has 0 unspecified atom stereocenters. The summed E-state index contributed by atoms with van der Waals surface area (Å²) in [6.07, 6.45) is -4.61. The molecule has 0 spiro atoms. The lowest BCUT2D eigenvalue weighted by Gasteiger charge is -2.12. The number of halogens is 3. The molecule has 0 aliphatic rings. The lowest BCUT2D eigenvalue weighted by atomic mass is 10.0. The molecule has 0 saturated heterocycles. The Balaban J connectivity index is 3.24. The van der Waals surface area contributed by atoms with Crippen LogP contribution in [0, 0.1) is 0 Å². The number of benzene rings is 1. The molecule has 1 atom stereocenters. The van der Waals surface area contributed by atoms with Crippen LogP contribution in [-0.2, 0) is 11.0 Å². The number of carboxylic acid groups (broad SMARTS) is 1. The van der Waals surface area contributed by atoms with Gasteiger partial charge in [-0.05, 0) is 18.2 Å². The fraction of sp³-hybridized carbons (Fsp3) is 0.222. The molecule has 1 aromatic rings. The normalized spacial score (nSPS) is 13.5. The Labute approximate surface area is 88.1 Å². The van der Waals surface area contributed by atoms with Crippen LogP contribution in [0.5, 0.6) is 5.75 Å². The van der Waals surface area contributed by atoms with Gasteiger partial charge in [0.15, 0.2) is 0 Å². The van der Waals surface area contributed by atoms with E-state index in [2.05, 4.69) is 0 Å². The first kappa shape index (κ1) is 12.3. The summed E-state index contributed by atoms with van der Waals surface area (Å²) in [7, 11) is 0. The third-order valence-electron chi connectivity index (χ3n) is 1.96. The Morgan fingerprint density at radius 1 is 1.38 bits per heavy atom. The summed E-state index contributed by atoms with van der Waals surface area (Å²) in [6.45, 7) is 0. The van der Waals surface area contributed by atoms with E-state index in [9.17, 15) is 23.1 Å². The highest BCUT2D eigenvalue weighted by Gasteiger charge is 2.32. The van der Waals surface area contributed by atoms with Gasteiger partial charge in [-0.2, -0.15) is 13.2 Å². The first-order chi connectivity index (χ1) is 7.23. The van der Waals surface area contributed by atoms with Crippen LogP contribution in [-0.4, -0.2) is 16.2 Å². The molecule has 0 aliphatic carbocycles. The highest BCUT2D eigenvalue weighted by atomic mass is 19.4. The van der Waals surface area contributed by atoms with Crippen LogP contribution in [0.3, 0.4) is 0 Å². The Kier molecular flexibility index (Phi) is 3.09. The number of carbonyl (C=O) groups is 1. The standard InChI is InChI=1S/C9H8F3NO3/c10-9(11,12)4-1-2-6(14)5(3-4)7(13)8(15)16/h1-3,7,14H,13H2,(H,15,16)/t7-/m0/s1. The number of phenols is 1. The zero-order valence-corrected chi connectivity index (χ0v) is 7.82. The molecule has 0 aromatic heterocycles. The molecular formula is C9H8F3NO3. The summed E-state index contributed by atoms with van der Waals surface area (Å²) in [5.41, 5.74) is 3.60. The van der Waals surface area contributed by atoms with Gasteiger partial charge in [-0.3, -0.25) is 4.79 Å². The summed E-state index contributed by atoms with van der Waals surface area (Å²) < 4.78 is 36.9. The lowest BCUT2D eigenvalue weighted by Crippen LogP contribution is -2.21. The maximum atomic E-state index is 12.3. The Hall–Kier alpha value is -1.76. The second-order valence-corrected chi connectivity index (χ2v) is 3.09. The van der Waals surface area contributed by atoms with E-state index in [0.29, 0.717) is 12.1 Å². The number of rotatable bonds is 2. The number of phenolic OH excluding ortho intramolecular Hbond substituents is 1. The SMILES string of the molecule is N[C@H](C(=O)O)c1cc(C(F)(F)F)ccc1O. The van der Waals surface area contributed by atoms with E-state index < -0.39 is 35.1 Å². The van der Waals surface area contributed by atoms with Gasteiger partial charge in [-0.15, -0.1) is 0 Å². The van der Waals surface area contributed by atoms with Crippen LogP contribution in [0.4, 0.5) is 13.2 Å². The molecule has 88 valence electrons. The second kappa shape index (κ2) is 4.01. The van der Waals surface area contributed by atoms with Gasteiger partial charge in [-0.25, -0.2) is 0 Å². The molecule has 0 aliphatic heterocycles. The predicted octanol–water partition coefficient (Wildman–Crippen LogP) is 1.50. The zero-order valence-electron chi connectivity index (χ0n) is 7.82. The summed E-state index contributed by atoms with van der Waals surface area (Å²) in [5, 5.41) is 17.7. The molecule has 1 aromatic carbocycles. The smallest absolute Gasteiger partial charge is 0.416 e. The molecular weight excluding hydrogens is 227 g/mol. The van der Waals surface area contributed by atoms with Crippen molar-refractivity contribution >= 4 is 5.97 Å². The van der Waals surface area contributed by atoms with Crippen molar-refractivity contribution in [3.8, 4) is 5.75 Å². The number of alkyl halides is 3. The molecule has 16 heavy (non-hydrogen) atoms. The van der Waals surface area contributed by atoms with E-state index in [1.165, 1.54) is 0 Å². The number of hydrogen-bond acceptors (Lipinski definition) is 3. The zero-order chi connectivity index (χ0) is 12.5. The molecule has 7 heteroatoms. The van der Waals surface area contributed by atoms with Crippen LogP contribution < -0.4 is 5.73 Å². The van der Waals surface area contributed by atoms with E-state index in [1.54, 1.807) is 0 Å². The largest absolute Gasteiger partial charge is 0.508 e. The molecule has 4 N–H and O–H groups in total. The Morgan fingerprint density at radius 2 is 1.94 bits per heavy atom. The maximum absolute atomic E-state index is 12.3. The van der Waals surface area contributed by atoms with Gasteiger partial charge in [0, 0.05) is 5.56 Å². The van der Waals surface area contributed by atoms with Gasteiger partial charge in [0.05, 0.1) is 5.56 Å². The molecule has 0 fully saturated rings. The van der Waals surface area contributed by atoms with Gasteiger partial charge >= 0.3 is 12.1 Å². The third kappa shape index (κ3) is 2.43. The molecule has 1 rings (SSSR count). The number of aromatic hydroxyl groups is 1. The van der Waals surface area contributed by atoms with Crippen molar-refractivity contribution in [3.63, 3.8) is 0 Å². The number of aliphatic carboxylic acids is 1. The van der Waals surface area contributed by atoms with Gasteiger partial charge in [0.2, 0.25) is 0 Å².